The molecule has 4 heteroatoms. The van der Waals surface area contributed by atoms with Gasteiger partial charge in [-0.25, -0.2) is 0 Å². The number of thioether (sulfide) groups is 1. The Morgan fingerprint density at radius 3 is 3.00 bits per heavy atom. The van der Waals surface area contributed by atoms with Crippen molar-refractivity contribution in [3.05, 3.63) is 29.8 Å². The van der Waals surface area contributed by atoms with Gasteiger partial charge in [-0.3, -0.25) is 4.79 Å². The molecule has 1 N–H and O–H groups in total. The number of benzene rings is 1. The maximum atomic E-state index is 12.5. The third-order valence-electron chi connectivity index (χ3n) is 3.12. The highest BCUT2D eigenvalue weighted by molar-refractivity contribution is 7.99. The van der Waals surface area contributed by atoms with Crippen LogP contribution >= 0.6 is 11.8 Å². The van der Waals surface area contributed by atoms with Crippen molar-refractivity contribution in [2.24, 2.45) is 0 Å². The van der Waals surface area contributed by atoms with Crippen LogP contribution in [0.15, 0.2) is 24.3 Å². The number of likely N-dealkylation sites (N-methyl/N-ethyl adjacent to an activating group) is 1. The van der Waals surface area contributed by atoms with Crippen LogP contribution in [0.4, 0.5) is 5.69 Å². The second-order valence-electron chi connectivity index (χ2n) is 4.50. The van der Waals surface area contributed by atoms with Gasteiger partial charge >= 0.3 is 0 Å². The number of hydrogen-bond donors (Lipinski definition) is 1. The Kier molecular flexibility index (Phi) is 4.66. The van der Waals surface area contributed by atoms with Gasteiger partial charge in [-0.05, 0) is 31.5 Å². The second kappa shape index (κ2) is 6.25. The fraction of sp³-hybridized carbons (Fsp3) is 0.500. The predicted molar refractivity (Wildman–Crippen MR) is 78.3 cm³/mol. The van der Waals surface area contributed by atoms with Gasteiger partial charge in [0.15, 0.2) is 0 Å². The number of amides is 1. The van der Waals surface area contributed by atoms with Crippen LogP contribution in [-0.4, -0.2) is 36.5 Å². The topological polar surface area (TPSA) is 32.3 Å². The van der Waals surface area contributed by atoms with E-state index in [1.54, 1.807) is 0 Å². The molecule has 1 atom stereocenters. The molecule has 0 spiro atoms. The fourth-order valence-corrected chi connectivity index (χ4v) is 3.10. The van der Waals surface area contributed by atoms with E-state index in [4.69, 9.17) is 0 Å². The largest absolute Gasteiger partial charge is 0.311 e. The number of anilines is 1. The predicted octanol–water partition coefficient (Wildman–Crippen LogP) is 2.05. The molecule has 0 bridgehead atoms. The van der Waals surface area contributed by atoms with E-state index in [-0.39, 0.29) is 11.9 Å². The Hall–Kier alpha value is -1.00. The SMILES string of the molecule is CCN(C(=O)C1CSCCN1)c1cccc(C)c1. The summed E-state index contributed by atoms with van der Waals surface area (Å²) in [6.45, 7) is 5.71. The van der Waals surface area contributed by atoms with Gasteiger partial charge in [-0.1, -0.05) is 12.1 Å². The average Bonchev–Trinajstić information content (AvgIpc) is 2.40. The highest BCUT2D eigenvalue weighted by Crippen LogP contribution is 2.18. The molecule has 1 amide bonds. The molecule has 18 heavy (non-hydrogen) atoms. The van der Waals surface area contributed by atoms with Gasteiger partial charge in [0.2, 0.25) is 5.91 Å². The molecular weight excluding hydrogens is 244 g/mol. The molecule has 1 aliphatic rings. The van der Waals surface area contributed by atoms with Crippen molar-refractivity contribution in [1.29, 1.82) is 0 Å². The molecule has 1 unspecified atom stereocenters. The van der Waals surface area contributed by atoms with Gasteiger partial charge in [0, 0.05) is 30.3 Å². The van der Waals surface area contributed by atoms with Crippen molar-refractivity contribution < 1.29 is 4.79 Å². The van der Waals surface area contributed by atoms with Crippen LogP contribution in [0.2, 0.25) is 0 Å². The fourth-order valence-electron chi connectivity index (χ4n) is 2.17. The number of nitrogens with zero attached hydrogens (tertiary/aromatic N) is 1. The Bertz CT molecular complexity index is 416. The summed E-state index contributed by atoms with van der Waals surface area (Å²) in [5.74, 6) is 2.16. The van der Waals surface area contributed by atoms with E-state index in [0.717, 1.165) is 23.7 Å². The zero-order valence-electron chi connectivity index (χ0n) is 11.0. The zero-order valence-corrected chi connectivity index (χ0v) is 11.8. The van der Waals surface area contributed by atoms with Gasteiger partial charge < -0.3 is 10.2 Å². The van der Waals surface area contributed by atoms with E-state index >= 15 is 0 Å². The van der Waals surface area contributed by atoms with Gasteiger partial charge in [0.25, 0.3) is 0 Å². The van der Waals surface area contributed by atoms with Gasteiger partial charge in [0.1, 0.15) is 0 Å². The highest BCUT2D eigenvalue weighted by Gasteiger charge is 2.25. The summed E-state index contributed by atoms with van der Waals surface area (Å²) in [7, 11) is 0. The first-order valence-corrected chi connectivity index (χ1v) is 7.57. The molecule has 1 heterocycles. The zero-order chi connectivity index (χ0) is 13.0. The molecule has 0 radical (unpaired) electrons. The molecule has 0 saturated carbocycles. The molecule has 1 aromatic carbocycles. The van der Waals surface area contributed by atoms with Crippen molar-refractivity contribution in [2.75, 3.05) is 29.5 Å². The minimum absolute atomic E-state index is 0.0378. The van der Waals surface area contributed by atoms with Crippen molar-refractivity contribution in [3.8, 4) is 0 Å². The maximum absolute atomic E-state index is 12.5. The summed E-state index contributed by atoms with van der Waals surface area (Å²) in [6, 6.07) is 8.09. The van der Waals surface area contributed by atoms with E-state index in [0.29, 0.717) is 6.54 Å². The maximum Gasteiger partial charge on any atom is 0.244 e. The van der Waals surface area contributed by atoms with E-state index in [9.17, 15) is 4.79 Å². The summed E-state index contributed by atoms with van der Waals surface area (Å²) in [4.78, 5) is 14.4. The van der Waals surface area contributed by atoms with Crippen LogP contribution in [0.1, 0.15) is 12.5 Å². The van der Waals surface area contributed by atoms with Crippen LogP contribution in [-0.2, 0) is 4.79 Å². The molecule has 98 valence electrons. The minimum atomic E-state index is -0.0378. The third-order valence-corrected chi connectivity index (χ3v) is 4.18. The lowest BCUT2D eigenvalue weighted by atomic mass is 10.2. The summed E-state index contributed by atoms with van der Waals surface area (Å²) in [5.41, 5.74) is 2.18. The monoisotopic (exact) mass is 264 g/mol. The first-order chi connectivity index (χ1) is 8.72. The number of aryl methyl sites for hydroxylation is 1. The van der Waals surface area contributed by atoms with Crippen LogP contribution < -0.4 is 10.2 Å². The molecule has 1 aliphatic heterocycles. The Morgan fingerprint density at radius 1 is 1.56 bits per heavy atom. The van der Waals surface area contributed by atoms with Crippen LogP contribution in [0, 0.1) is 6.92 Å². The molecule has 0 aromatic heterocycles. The molecule has 1 fully saturated rings. The normalized spacial score (nSPS) is 19.6. The Labute approximate surface area is 113 Å². The second-order valence-corrected chi connectivity index (χ2v) is 5.65. The van der Waals surface area contributed by atoms with Crippen molar-refractivity contribution in [2.45, 2.75) is 19.9 Å². The first kappa shape index (κ1) is 13.4. The highest BCUT2D eigenvalue weighted by atomic mass is 32.2. The summed E-state index contributed by atoms with van der Waals surface area (Å²) >= 11 is 1.85. The Balaban J connectivity index is 2.14. The number of carbonyl (C=O) groups is 1. The summed E-state index contributed by atoms with van der Waals surface area (Å²) in [5, 5.41) is 3.31. The Morgan fingerprint density at radius 2 is 2.39 bits per heavy atom. The summed E-state index contributed by atoms with van der Waals surface area (Å²) < 4.78 is 0. The van der Waals surface area contributed by atoms with Crippen molar-refractivity contribution in [1.82, 2.24) is 5.32 Å². The minimum Gasteiger partial charge on any atom is -0.311 e. The van der Waals surface area contributed by atoms with E-state index < -0.39 is 0 Å². The van der Waals surface area contributed by atoms with Gasteiger partial charge in [0.05, 0.1) is 6.04 Å². The van der Waals surface area contributed by atoms with Crippen molar-refractivity contribution in [3.63, 3.8) is 0 Å². The molecule has 3 nitrogen and oxygen atoms in total. The van der Waals surface area contributed by atoms with E-state index in [1.165, 1.54) is 5.56 Å². The van der Waals surface area contributed by atoms with E-state index in [2.05, 4.69) is 24.4 Å². The lowest BCUT2D eigenvalue weighted by molar-refractivity contribution is -0.120. The third kappa shape index (κ3) is 3.06. The molecule has 1 aromatic rings. The van der Waals surface area contributed by atoms with Crippen LogP contribution in [0.3, 0.4) is 0 Å². The molecule has 2 rings (SSSR count). The van der Waals surface area contributed by atoms with Gasteiger partial charge in [-0.2, -0.15) is 11.8 Å². The molecular formula is C14H20N2OS. The average molecular weight is 264 g/mol. The lowest BCUT2D eigenvalue weighted by Gasteiger charge is -2.29. The number of nitrogens with one attached hydrogen (secondary N) is 1. The van der Waals surface area contributed by atoms with Crippen LogP contribution in [0.5, 0.6) is 0 Å². The first-order valence-electron chi connectivity index (χ1n) is 6.41. The number of hydrogen-bond acceptors (Lipinski definition) is 3. The number of carbonyl (C=O) groups excluding carboxylic acids is 1. The quantitative estimate of drug-likeness (QED) is 0.907. The summed E-state index contributed by atoms with van der Waals surface area (Å²) in [6.07, 6.45) is 0. The smallest absolute Gasteiger partial charge is 0.244 e. The van der Waals surface area contributed by atoms with E-state index in [1.807, 2.05) is 35.7 Å². The molecule has 0 aliphatic carbocycles. The standard InChI is InChI=1S/C14H20N2OS/c1-3-16(12-6-4-5-11(2)9-12)14(17)13-10-18-8-7-15-13/h4-6,9,13,15H,3,7-8,10H2,1-2H3. The number of rotatable bonds is 3. The van der Waals surface area contributed by atoms with Crippen LogP contribution in [0.25, 0.3) is 0 Å². The molecule has 1 saturated heterocycles. The lowest BCUT2D eigenvalue weighted by Crippen LogP contribution is -2.50. The van der Waals surface area contributed by atoms with Crippen molar-refractivity contribution >= 4 is 23.4 Å². The van der Waals surface area contributed by atoms with Gasteiger partial charge in [-0.15, -0.1) is 0 Å².